The molecule has 144 valence electrons. The molecule has 0 saturated carbocycles. The number of benzene rings is 2. The molecule has 1 N–H and O–H groups in total. The van der Waals surface area contributed by atoms with Crippen molar-refractivity contribution in [3.05, 3.63) is 73.6 Å². The molecular weight excluding hydrogens is 419 g/mol. The lowest BCUT2D eigenvalue weighted by Crippen LogP contribution is -2.19. The van der Waals surface area contributed by atoms with E-state index < -0.39 is 28.3 Å². The Labute approximate surface area is 165 Å². The molecule has 0 radical (unpaired) electrons. The number of hydrogen-bond acceptors (Lipinski definition) is 5. The number of carbonyl (C=O) groups is 1. The van der Waals surface area contributed by atoms with Gasteiger partial charge in [0.05, 0.1) is 21.1 Å². The second kappa shape index (κ2) is 7.64. The third-order valence-electron chi connectivity index (χ3n) is 3.52. The lowest BCUT2D eigenvalue weighted by atomic mass is 10.2. The highest BCUT2D eigenvalue weighted by Crippen LogP contribution is 2.39. The molecule has 1 amide bonds. The van der Waals surface area contributed by atoms with Crippen molar-refractivity contribution < 1.29 is 22.9 Å². The first-order valence-electron chi connectivity index (χ1n) is 7.54. The highest BCUT2D eigenvalue weighted by molar-refractivity contribution is 8.18. The van der Waals surface area contributed by atoms with Crippen molar-refractivity contribution in [2.24, 2.45) is 4.99 Å². The number of carbonyl (C=O) groups excluding carboxylic acids is 1. The van der Waals surface area contributed by atoms with E-state index in [2.05, 4.69) is 10.3 Å². The number of nitro groups is 1. The topological polar surface area (TPSA) is 84.6 Å². The van der Waals surface area contributed by atoms with Crippen LogP contribution in [-0.4, -0.2) is 16.0 Å². The largest absolute Gasteiger partial charge is 0.418 e. The Bertz CT molecular complexity index is 1040. The van der Waals surface area contributed by atoms with E-state index >= 15 is 0 Å². The Hall–Kier alpha value is -2.85. The van der Waals surface area contributed by atoms with Crippen LogP contribution >= 0.6 is 23.4 Å². The zero-order chi connectivity index (χ0) is 20.5. The van der Waals surface area contributed by atoms with Gasteiger partial charge >= 0.3 is 6.18 Å². The van der Waals surface area contributed by atoms with Gasteiger partial charge < -0.3 is 5.32 Å². The van der Waals surface area contributed by atoms with Gasteiger partial charge in [-0.05, 0) is 41.6 Å². The maximum atomic E-state index is 13.2. The van der Waals surface area contributed by atoms with Gasteiger partial charge in [0.25, 0.3) is 11.6 Å². The van der Waals surface area contributed by atoms with Crippen LogP contribution in [0.25, 0.3) is 6.08 Å². The molecule has 0 aromatic heterocycles. The lowest BCUT2D eigenvalue weighted by molar-refractivity contribution is -0.384. The van der Waals surface area contributed by atoms with Crippen molar-refractivity contribution in [1.29, 1.82) is 0 Å². The predicted molar refractivity (Wildman–Crippen MR) is 100 cm³/mol. The van der Waals surface area contributed by atoms with Crippen molar-refractivity contribution in [3.63, 3.8) is 0 Å². The summed E-state index contributed by atoms with van der Waals surface area (Å²) in [7, 11) is 0. The van der Waals surface area contributed by atoms with Gasteiger partial charge in [-0.3, -0.25) is 14.9 Å². The van der Waals surface area contributed by atoms with Gasteiger partial charge in [-0.2, -0.15) is 13.2 Å². The summed E-state index contributed by atoms with van der Waals surface area (Å²) in [6.45, 7) is 0. The molecule has 1 aliphatic heterocycles. The molecule has 0 aliphatic carbocycles. The number of nitro benzene ring substituents is 1. The Morgan fingerprint density at radius 1 is 1.21 bits per heavy atom. The minimum atomic E-state index is -4.67. The van der Waals surface area contributed by atoms with E-state index in [4.69, 9.17) is 11.6 Å². The van der Waals surface area contributed by atoms with Gasteiger partial charge in [-0.1, -0.05) is 23.7 Å². The van der Waals surface area contributed by atoms with E-state index in [1.807, 2.05) is 0 Å². The highest BCUT2D eigenvalue weighted by Gasteiger charge is 2.34. The van der Waals surface area contributed by atoms with Crippen LogP contribution in [0.2, 0.25) is 5.02 Å². The standard InChI is InChI=1S/C17H9ClF3N3O3S/c18-10-4-5-13(12(8-10)17(19,20)21)22-16-23-15(25)14(28-16)7-9-2-1-3-11(6-9)24(26)27/h1-8H,(H,22,23,25)/b14-7-. The lowest BCUT2D eigenvalue weighted by Gasteiger charge is -2.10. The summed E-state index contributed by atoms with van der Waals surface area (Å²) < 4.78 is 39.5. The Kier molecular flexibility index (Phi) is 5.43. The Morgan fingerprint density at radius 2 is 1.96 bits per heavy atom. The molecule has 1 fully saturated rings. The Balaban J connectivity index is 1.91. The van der Waals surface area contributed by atoms with E-state index in [9.17, 15) is 28.1 Å². The average Bonchev–Trinajstić information content (AvgIpc) is 2.95. The van der Waals surface area contributed by atoms with Crippen molar-refractivity contribution in [3.8, 4) is 0 Å². The van der Waals surface area contributed by atoms with E-state index in [-0.39, 0.29) is 20.8 Å². The summed E-state index contributed by atoms with van der Waals surface area (Å²) in [5.41, 5.74) is -1.17. The molecule has 28 heavy (non-hydrogen) atoms. The predicted octanol–water partition coefficient (Wildman–Crippen LogP) is 5.16. The number of amides is 1. The van der Waals surface area contributed by atoms with Crippen LogP contribution in [0.15, 0.2) is 52.4 Å². The van der Waals surface area contributed by atoms with Gasteiger partial charge in [0, 0.05) is 17.2 Å². The van der Waals surface area contributed by atoms with Crippen LogP contribution < -0.4 is 5.32 Å². The first-order chi connectivity index (χ1) is 13.1. The summed E-state index contributed by atoms with van der Waals surface area (Å²) in [5.74, 6) is -0.572. The number of halogens is 4. The second-order valence-corrected chi connectivity index (χ2v) is 6.96. The minimum Gasteiger partial charge on any atom is -0.300 e. The van der Waals surface area contributed by atoms with Gasteiger partial charge in [0.15, 0.2) is 5.17 Å². The third kappa shape index (κ3) is 4.52. The SMILES string of the molecule is O=C1NC(=Nc2ccc(Cl)cc2C(F)(F)F)S/C1=C\c1cccc([N+](=O)[O-])c1. The zero-order valence-electron chi connectivity index (χ0n) is 13.7. The van der Waals surface area contributed by atoms with Crippen LogP contribution in [-0.2, 0) is 11.0 Å². The summed E-state index contributed by atoms with van der Waals surface area (Å²) in [5, 5.41) is 13.1. The molecule has 2 aromatic carbocycles. The molecular formula is C17H9ClF3N3O3S. The van der Waals surface area contributed by atoms with Crippen molar-refractivity contribution in [2.75, 3.05) is 0 Å². The van der Waals surface area contributed by atoms with Gasteiger partial charge in [0.2, 0.25) is 0 Å². The smallest absolute Gasteiger partial charge is 0.300 e. The maximum Gasteiger partial charge on any atom is 0.418 e. The van der Waals surface area contributed by atoms with Gasteiger partial charge in [-0.15, -0.1) is 0 Å². The first-order valence-corrected chi connectivity index (χ1v) is 8.74. The van der Waals surface area contributed by atoms with Crippen molar-refractivity contribution in [1.82, 2.24) is 5.32 Å². The van der Waals surface area contributed by atoms with E-state index in [0.29, 0.717) is 5.56 Å². The number of non-ortho nitro benzene ring substituents is 1. The molecule has 1 saturated heterocycles. The van der Waals surface area contributed by atoms with Gasteiger partial charge in [0.1, 0.15) is 0 Å². The fourth-order valence-corrected chi connectivity index (χ4v) is 3.31. The normalized spacial score (nSPS) is 17.2. The number of nitrogens with one attached hydrogen (secondary N) is 1. The number of aliphatic imine (C=N–C) groups is 1. The zero-order valence-corrected chi connectivity index (χ0v) is 15.2. The number of thioether (sulfide) groups is 1. The summed E-state index contributed by atoms with van der Waals surface area (Å²) >= 11 is 6.46. The average molecular weight is 428 g/mol. The van der Waals surface area contributed by atoms with Crippen molar-refractivity contribution >= 4 is 51.9 Å². The summed E-state index contributed by atoms with van der Waals surface area (Å²) in [4.78, 5) is 26.3. The van der Waals surface area contributed by atoms with Crippen molar-refractivity contribution in [2.45, 2.75) is 6.18 Å². The fraction of sp³-hybridized carbons (Fsp3) is 0.0588. The molecule has 2 aromatic rings. The van der Waals surface area contributed by atoms with Crippen LogP contribution in [0.5, 0.6) is 0 Å². The number of amidine groups is 1. The molecule has 1 heterocycles. The van der Waals surface area contributed by atoms with E-state index in [1.165, 1.54) is 30.3 Å². The first kappa shape index (κ1) is 19.9. The summed E-state index contributed by atoms with van der Waals surface area (Å²) in [6, 6.07) is 8.71. The third-order valence-corrected chi connectivity index (χ3v) is 4.66. The molecule has 0 spiro atoms. The number of rotatable bonds is 3. The van der Waals surface area contributed by atoms with Crippen LogP contribution in [0, 0.1) is 10.1 Å². The van der Waals surface area contributed by atoms with Crippen LogP contribution in [0.3, 0.4) is 0 Å². The Morgan fingerprint density at radius 3 is 2.64 bits per heavy atom. The quantitative estimate of drug-likeness (QED) is 0.416. The number of alkyl halides is 3. The van der Waals surface area contributed by atoms with Gasteiger partial charge in [-0.25, -0.2) is 4.99 Å². The maximum absolute atomic E-state index is 13.2. The molecule has 6 nitrogen and oxygen atoms in total. The molecule has 11 heteroatoms. The molecule has 1 aliphatic rings. The number of nitrogens with zero attached hydrogens (tertiary/aromatic N) is 2. The molecule has 0 bridgehead atoms. The molecule has 0 atom stereocenters. The second-order valence-electron chi connectivity index (χ2n) is 5.49. The monoisotopic (exact) mass is 427 g/mol. The molecule has 0 unspecified atom stereocenters. The summed E-state index contributed by atoms with van der Waals surface area (Å²) in [6.07, 6.45) is -3.28. The fourth-order valence-electron chi connectivity index (χ4n) is 2.30. The van der Waals surface area contributed by atoms with Crippen LogP contribution in [0.1, 0.15) is 11.1 Å². The van der Waals surface area contributed by atoms with E-state index in [0.717, 1.165) is 23.9 Å². The van der Waals surface area contributed by atoms with E-state index in [1.54, 1.807) is 6.07 Å². The highest BCUT2D eigenvalue weighted by atomic mass is 35.5. The number of hydrogen-bond donors (Lipinski definition) is 1. The van der Waals surface area contributed by atoms with Crippen LogP contribution in [0.4, 0.5) is 24.5 Å². The minimum absolute atomic E-state index is 0.0468. The molecule has 3 rings (SSSR count).